The highest BCUT2D eigenvalue weighted by Crippen LogP contribution is 2.28. The molecule has 0 aliphatic carbocycles. The second-order valence-corrected chi connectivity index (χ2v) is 4.99. The van der Waals surface area contributed by atoms with Gasteiger partial charge in [0.2, 0.25) is 6.29 Å². The third-order valence-corrected chi connectivity index (χ3v) is 3.20. The normalized spacial score (nSPS) is 11.5. The number of ether oxygens (including phenoxy) is 3. The predicted octanol–water partition coefficient (Wildman–Crippen LogP) is 3.87. The maximum absolute atomic E-state index is 13.9. The van der Waals surface area contributed by atoms with Crippen LogP contribution in [0.1, 0.15) is 24.2 Å². The van der Waals surface area contributed by atoms with Crippen molar-refractivity contribution >= 4 is 12.1 Å². The van der Waals surface area contributed by atoms with E-state index in [1.807, 2.05) is 0 Å². The first-order chi connectivity index (χ1) is 11.9. The van der Waals surface area contributed by atoms with E-state index in [9.17, 15) is 19.1 Å². The van der Waals surface area contributed by atoms with Gasteiger partial charge in [0.05, 0.1) is 6.61 Å². The highest BCUT2D eigenvalue weighted by Gasteiger charge is 2.20. The Balaban J connectivity index is 2.18. The summed E-state index contributed by atoms with van der Waals surface area (Å²) in [4.78, 5) is 23.4. The van der Waals surface area contributed by atoms with Crippen LogP contribution in [0, 0.1) is 5.82 Å². The molecule has 0 spiro atoms. The van der Waals surface area contributed by atoms with Gasteiger partial charge in [0.15, 0.2) is 0 Å². The molecule has 2 aromatic rings. The molecule has 0 saturated heterocycles. The van der Waals surface area contributed by atoms with Crippen LogP contribution in [0.3, 0.4) is 0 Å². The molecule has 0 fully saturated rings. The maximum atomic E-state index is 13.9. The van der Waals surface area contributed by atoms with Crippen LogP contribution in [0.25, 0.3) is 11.1 Å². The Bertz CT molecular complexity index is 774. The SMILES string of the molecule is CCOC(=O)OC(C)OC(=O)c1cc(-c2ccccc2F)ccc1O. The summed E-state index contributed by atoms with van der Waals surface area (Å²) in [6.45, 7) is 3.04. The number of phenolic OH excluding ortho intramolecular Hbond substituents is 1. The fourth-order valence-corrected chi connectivity index (χ4v) is 2.09. The summed E-state index contributed by atoms with van der Waals surface area (Å²) >= 11 is 0. The van der Waals surface area contributed by atoms with E-state index in [-0.39, 0.29) is 23.5 Å². The lowest BCUT2D eigenvalue weighted by atomic mass is 10.0. The largest absolute Gasteiger partial charge is 0.511 e. The smallest absolute Gasteiger partial charge is 0.507 e. The van der Waals surface area contributed by atoms with Crippen LogP contribution in [-0.2, 0) is 14.2 Å². The molecular weight excluding hydrogens is 331 g/mol. The number of hydrogen-bond acceptors (Lipinski definition) is 6. The zero-order chi connectivity index (χ0) is 18.4. The van der Waals surface area contributed by atoms with Crippen molar-refractivity contribution in [1.82, 2.24) is 0 Å². The van der Waals surface area contributed by atoms with Gasteiger partial charge in [-0.3, -0.25) is 0 Å². The predicted molar refractivity (Wildman–Crippen MR) is 86.5 cm³/mol. The molecule has 0 saturated carbocycles. The van der Waals surface area contributed by atoms with Crippen molar-refractivity contribution in [1.29, 1.82) is 0 Å². The maximum Gasteiger partial charge on any atom is 0.511 e. The van der Waals surface area contributed by atoms with Crippen molar-refractivity contribution in [2.45, 2.75) is 20.1 Å². The van der Waals surface area contributed by atoms with Gasteiger partial charge < -0.3 is 19.3 Å². The lowest BCUT2D eigenvalue weighted by Crippen LogP contribution is -2.22. The number of halogens is 1. The van der Waals surface area contributed by atoms with E-state index in [1.165, 1.54) is 31.2 Å². The number of carbonyl (C=O) groups is 2. The summed E-state index contributed by atoms with van der Waals surface area (Å²) in [7, 11) is 0. The van der Waals surface area contributed by atoms with Crippen molar-refractivity contribution in [2.75, 3.05) is 6.61 Å². The Hall–Kier alpha value is -3.09. The van der Waals surface area contributed by atoms with E-state index >= 15 is 0 Å². The molecular formula is C18H17FO6. The quantitative estimate of drug-likeness (QED) is 0.652. The van der Waals surface area contributed by atoms with Crippen molar-refractivity contribution < 1.29 is 33.3 Å². The molecule has 6 nitrogen and oxygen atoms in total. The Morgan fingerprint density at radius 2 is 1.88 bits per heavy atom. The third-order valence-electron chi connectivity index (χ3n) is 3.20. The molecule has 7 heteroatoms. The van der Waals surface area contributed by atoms with Crippen LogP contribution in [0.2, 0.25) is 0 Å². The summed E-state index contributed by atoms with van der Waals surface area (Å²) in [6, 6.07) is 10.1. The number of esters is 1. The molecule has 25 heavy (non-hydrogen) atoms. The first-order valence-electron chi connectivity index (χ1n) is 7.54. The van der Waals surface area contributed by atoms with E-state index < -0.39 is 24.2 Å². The monoisotopic (exact) mass is 348 g/mol. The minimum absolute atomic E-state index is 0.116. The molecule has 0 heterocycles. The van der Waals surface area contributed by atoms with Crippen molar-refractivity contribution in [3.63, 3.8) is 0 Å². The Labute approximate surface area is 143 Å². The van der Waals surface area contributed by atoms with Gasteiger partial charge in [-0.15, -0.1) is 0 Å². The van der Waals surface area contributed by atoms with Crippen LogP contribution in [0.5, 0.6) is 5.75 Å². The molecule has 1 atom stereocenters. The van der Waals surface area contributed by atoms with E-state index in [1.54, 1.807) is 25.1 Å². The molecule has 0 amide bonds. The van der Waals surface area contributed by atoms with Gasteiger partial charge in [0.25, 0.3) is 0 Å². The Morgan fingerprint density at radius 3 is 2.56 bits per heavy atom. The standard InChI is InChI=1S/C18H17FO6/c1-3-23-18(22)25-11(2)24-17(21)14-10-12(8-9-16(14)20)13-6-4-5-7-15(13)19/h4-11,20H,3H2,1-2H3. The highest BCUT2D eigenvalue weighted by atomic mass is 19.1. The fourth-order valence-electron chi connectivity index (χ4n) is 2.09. The number of benzene rings is 2. The van der Waals surface area contributed by atoms with E-state index in [4.69, 9.17) is 9.47 Å². The average Bonchev–Trinajstić information content (AvgIpc) is 2.55. The van der Waals surface area contributed by atoms with Crippen molar-refractivity contribution in [3.8, 4) is 16.9 Å². The minimum Gasteiger partial charge on any atom is -0.507 e. The summed E-state index contributed by atoms with van der Waals surface area (Å²) in [6.07, 6.45) is -2.20. The second-order valence-electron chi connectivity index (χ2n) is 4.99. The van der Waals surface area contributed by atoms with Crippen molar-refractivity contribution in [3.05, 3.63) is 53.8 Å². The molecule has 0 radical (unpaired) electrons. The molecule has 1 unspecified atom stereocenters. The zero-order valence-corrected chi connectivity index (χ0v) is 13.7. The second kappa shape index (κ2) is 8.14. The van der Waals surface area contributed by atoms with Crippen LogP contribution in [0.15, 0.2) is 42.5 Å². The molecule has 132 valence electrons. The van der Waals surface area contributed by atoms with Gasteiger partial charge in [-0.1, -0.05) is 24.3 Å². The molecule has 0 bridgehead atoms. The van der Waals surface area contributed by atoms with E-state index in [2.05, 4.69) is 4.74 Å². The molecule has 2 aromatic carbocycles. The molecule has 1 N–H and O–H groups in total. The highest BCUT2D eigenvalue weighted by molar-refractivity contribution is 5.94. The molecule has 0 aromatic heterocycles. The summed E-state index contributed by atoms with van der Waals surface area (Å²) < 4.78 is 28.1. The van der Waals surface area contributed by atoms with Gasteiger partial charge in [0, 0.05) is 12.5 Å². The molecule has 0 aliphatic rings. The van der Waals surface area contributed by atoms with Crippen molar-refractivity contribution in [2.24, 2.45) is 0 Å². The lowest BCUT2D eigenvalue weighted by Gasteiger charge is -2.14. The lowest BCUT2D eigenvalue weighted by molar-refractivity contribution is -0.0812. The first-order valence-corrected chi connectivity index (χ1v) is 7.54. The number of aromatic hydroxyl groups is 1. The third kappa shape index (κ3) is 4.69. The fraction of sp³-hybridized carbons (Fsp3) is 0.222. The zero-order valence-electron chi connectivity index (χ0n) is 13.7. The van der Waals surface area contributed by atoms with E-state index in [0.717, 1.165) is 0 Å². The van der Waals surface area contributed by atoms with Crippen LogP contribution in [-0.4, -0.2) is 30.1 Å². The summed E-state index contributed by atoms with van der Waals surface area (Å²) in [5, 5.41) is 9.87. The van der Waals surface area contributed by atoms with Gasteiger partial charge in [-0.2, -0.15) is 0 Å². The van der Waals surface area contributed by atoms with Gasteiger partial charge in [0.1, 0.15) is 17.1 Å². The number of hydrogen-bond donors (Lipinski definition) is 1. The first kappa shape index (κ1) is 18.3. The average molecular weight is 348 g/mol. The topological polar surface area (TPSA) is 82.1 Å². The van der Waals surface area contributed by atoms with Gasteiger partial charge >= 0.3 is 12.1 Å². The molecule has 0 aliphatic heterocycles. The molecule has 2 rings (SSSR count). The number of carbonyl (C=O) groups excluding carboxylic acids is 2. The minimum atomic E-state index is -1.22. The number of phenols is 1. The van der Waals surface area contributed by atoms with Crippen LogP contribution >= 0.6 is 0 Å². The Morgan fingerprint density at radius 1 is 1.16 bits per heavy atom. The van der Waals surface area contributed by atoms with Gasteiger partial charge in [-0.05, 0) is 30.7 Å². The summed E-state index contributed by atoms with van der Waals surface area (Å²) in [5.74, 6) is -1.73. The van der Waals surface area contributed by atoms with Crippen LogP contribution < -0.4 is 0 Å². The van der Waals surface area contributed by atoms with E-state index in [0.29, 0.717) is 5.56 Å². The van der Waals surface area contributed by atoms with Crippen LogP contribution in [0.4, 0.5) is 9.18 Å². The Kier molecular flexibility index (Phi) is 5.94. The number of rotatable bonds is 5. The summed E-state index contributed by atoms with van der Waals surface area (Å²) in [5.41, 5.74) is 0.481. The van der Waals surface area contributed by atoms with Gasteiger partial charge in [-0.25, -0.2) is 14.0 Å².